The number of hydrogen-bond acceptors (Lipinski definition) is 4. The molecule has 0 aliphatic rings. The molecule has 1 aromatic carbocycles. The summed E-state index contributed by atoms with van der Waals surface area (Å²) >= 11 is 3.40. The van der Waals surface area contributed by atoms with E-state index >= 15 is 0 Å². The molecule has 24 heavy (non-hydrogen) atoms. The van der Waals surface area contributed by atoms with E-state index in [1.165, 1.54) is 6.20 Å². The number of carbonyl (C=O) groups is 1. The lowest BCUT2D eigenvalue weighted by Crippen LogP contribution is -2.27. The molecule has 0 aromatic heterocycles. The highest BCUT2D eigenvalue weighted by molar-refractivity contribution is 9.10. The highest BCUT2D eigenvalue weighted by Crippen LogP contribution is 2.11. The number of unbranched alkanes of at least 4 members (excludes halogenated alkanes) is 1. The fraction of sp³-hybridized carbons (Fsp3) is 0.444. The van der Waals surface area contributed by atoms with Gasteiger partial charge in [0, 0.05) is 37.0 Å². The maximum absolute atomic E-state index is 11.9. The number of nitrogens with one attached hydrogen (secondary N) is 2. The van der Waals surface area contributed by atoms with Gasteiger partial charge in [-0.25, -0.2) is 0 Å². The van der Waals surface area contributed by atoms with Crippen LogP contribution in [0.3, 0.4) is 0 Å². The number of benzene rings is 1. The lowest BCUT2D eigenvalue weighted by atomic mass is 10.2. The summed E-state index contributed by atoms with van der Waals surface area (Å²) in [5.74, 6) is -0.368. The Morgan fingerprint density at radius 1 is 1.38 bits per heavy atom. The van der Waals surface area contributed by atoms with Crippen LogP contribution in [0.15, 0.2) is 40.5 Å². The summed E-state index contributed by atoms with van der Waals surface area (Å²) in [5, 5.41) is 14.8. The molecule has 0 saturated carbocycles. The zero-order valence-electron chi connectivity index (χ0n) is 14.0. The molecule has 0 atom stereocenters. The van der Waals surface area contributed by atoms with Gasteiger partial charge >= 0.3 is 0 Å². The smallest absolute Gasteiger partial charge is 0.263 e. The Hall–Kier alpha value is -1.84. The first-order valence-corrected chi connectivity index (χ1v) is 8.90. The van der Waals surface area contributed by atoms with Crippen LogP contribution in [0.5, 0.6) is 0 Å². The monoisotopic (exact) mass is 393 g/mol. The third-order valence-corrected chi connectivity index (χ3v) is 3.69. The topological polar surface area (TPSA) is 74.1 Å². The van der Waals surface area contributed by atoms with Crippen LogP contribution in [-0.4, -0.2) is 25.7 Å². The number of ether oxygens (including phenoxy) is 1. The first-order chi connectivity index (χ1) is 11.7. The Kier molecular flexibility index (Phi) is 10.6. The lowest BCUT2D eigenvalue weighted by molar-refractivity contribution is -0.117. The second-order valence-corrected chi connectivity index (χ2v) is 6.17. The number of halogens is 1. The number of nitriles is 1. The van der Waals surface area contributed by atoms with Gasteiger partial charge in [-0.3, -0.25) is 4.79 Å². The minimum atomic E-state index is -0.368. The summed E-state index contributed by atoms with van der Waals surface area (Å²) in [7, 11) is 0. The van der Waals surface area contributed by atoms with Crippen LogP contribution in [0, 0.1) is 11.3 Å². The molecule has 130 valence electrons. The average Bonchev–Trinajstić information content (AvgIpc) is 2.58. The largest absolute Gasteiger partial charge is 0.386 e. The van der Waals surface area contributed by atoms with Gasteiger partial charge in [0.2, 0.25) is 0 Å². The van der Waals surface area contributed by atoms with Crippen LogP contribution in [0.4, 0.5) is 0 Å². The van der Waals surface area contributed by atoms with E-state index in [2.05, 4.69) is 33.5 Å². The summed E-state index contributed by atoms with van der Waals surface area (Å²) in [6.45, 7) is 4.53. The van der Waals surface area contributed by atoms with Crippen molar-refractivity contribution in [1.29, 1.82) is 5.26 Å². The third kappa shape index (κ3) is 8.70. The van der Waals surface area contributed by atoms with Gasteiger partial charge in [-0.05, 0) is 30.5 Å². The molecule has 2 N–H and O–H groups in total. The zero-order chi connectivity index (χ0) is 17.6. The second-order valence-electron chi connectivity index (χ2n) is 5.26. The maximum Gasteiger partial charge on any atom is 0.263 e. The first-order valence-electron chi connectivity index (χ1n) is 8.11. The van der Waals surface area contributed by atoms with E-state index in [-0.39, 0.29) is 11.5 Å². The van der Waals surface area contributed by atoms with Crippen molar-refractivity contribution in [3.63, 3.8) is 0 Å². The molecule has 5 nitrogen and oxygen atoms in total. The van der Waals surface area contributed by atoms with E-state index in [1.54, 1.807) is 0 Å². The van der Waals surface area contributed by atoms with E-state index in [0.717, 1.165) is 35.9 Å². The van der Waals surface area contributed by atoms with Gasteiger partial charge in [-0.15, -0.1) is 0 Å². The summed E-state index contributed by atoms with van der Waals surface area (Å²) in [6, 6.07) is 9.74. The van der Waals surface area contributed by atoms with Crippen molar-refractivity contribution < 1.29 is 9.53 Å². The number of nitrogens with zero attached hydrogens (tertiary/aromatic N) is 1. The number of rotatable bonds is 11. The van der Waals surface area contributed by atoms with E-state index in [4.69, 9.17) is 10.00 Å². The van der Waals surface area contributed by atoms with Crippen molar-refractivity contribution in [2.45, 2.75) is 32.7 Å². The molecule has 0 aliphatic heterocycles. The van der Waals surface area contributed by atoms with Crippen molar-refractivity contribution in [2.24, 2.45) is 0 Å². The van der Waals surface area contributed by atoms with Gasteiger partial charge < -0.3 is 15.4 Å². The molecular weight excluding hydrogens is 370 g/mol. The van der Waals surface area contributed by atoms with Crippen molar-refractivity contribution in [3.05, 3.63) is 46.1 Å². The van der Waals surface area contributed by atoms with Crippen molar-refractivity contribution in [3.8, 4) is 6.07 Å². The Morgan fingerprint density at radius 2 is 2.17 bits per heavy atom. The van der Waals surface area contributed by atoms with Crippen LogP contribution >= 0.6 is 15.9 Å². The summed E-state index contributed by atoms with van der Waals surface area (Å²) < 4.78 is 6.41. The van der Waals surface area contributed by atoms with Crippen molar-refractivity contribution >= 4 is 21.8 Å². The van der Waals surface area contributed by atoms with Crippen LogP contribution in [0.25, 0.3) is 0 Å². The van der Waals surface area contributed by atoms with E-state index < -0.39 is 0 Å². The zero-order valence-corrected chi connectivity index (χ0v) is 15.6. The fourth-order valence-electron chi connectivity index (χ4n) is 1.89. The van der Waals surface area contributed by atoms with E-state index in [9.17, 15) is 4.79 Å². The Bertz CT molecular complexity index is 582. The standard InChI is InChI=1S/C18H24BrN3O2/c1-2-3-9-24-10-5-8-22-18(23)16(12-20)14-21-13-15-6-4-7-17(19)11-15/h4,6-7,11,14,21H,2-3,5,8-10,13H2,1H3,(H,22,23)/b16-14-. The minimum Gasteiger partial charge on any atom is -0.386 e. The van der Waals surface area contributed by atoms with Gasteiger partial charge in [0.1, 0.15) is 11.6 Å². The SMILES string of the molecule is CCCCOCCCNC(=O)/C(C#N)=C\NCc1cccc(Br)c1. The number of carbonyl (C=O) groups excluding carboxylic acids is 1. The van der Waals surface area contributed by atoms with Crippen molar-refractivity contribution in [2.75, 3.05) is 19.8 Å². The predicted molar refractivity (Wildman–Crippen MR) is 98.0 cm³/mol. The molecule has 1 amide bonds. The van der Waals surface area contributed by atoms with Gasteiger partial charge in [0.05, 0.1) is 0 Å². The molecular formula is C18H24BrN3O2. The quantitative estimate of drug-likeness (QED) is 0.343. The summed E-state index contributed by atoms with van der Waals surface area (Å²) in [6.07, 6.45) is 4.35. The molecule has 1 aromatic rings. The van der Waals surface area contributed by atoms with Gasteiger partial charge in [-0.1, -0.05) is 41.4 Å². The lowest BCUT2D eigenvalue weighted by Gasteiger charge is -2.06. The molecule has 0 heterocycles. The average molecular weight is 394 g/mol. The predicted octanol–water partition coefficient (Wildman–Crippen LogP) is 3.27. The Balaban J connectivity index is 2.28. The third-order valence-electron chi connectivity index (χ3n) is 3.20. The summed E-state index contributed by atoms with van der Waals surface area (Å²) in [5.41, 5.74) is 1.12. The molecule has 0 unspecified atom stereocenters. The molecule has 0 saturated heterocycles. The van der Waals surface area contributed by atoms with Crippen molar-refractivity contribution in [1.82, 2.24) is 10.6 Å². The summed E-state index contributed by atoms with van der Waals surface area (Å²) in [4.78, 5) is 11.9. The highest BCUT2D eigenvalue weighted by Gasteiger charge is 2.07. The van der Waals surface area contributed by atoms with E-state index in [1.807, 2.05) is 30.3 Å². The molecule has 0 radical (unpaired) electrons. The molecule has 1 rings (SSSR count). The molecule has 0 fully saturated rings. The fourth-order valence-corrected chi connectivity index (χ4v) is 2.33. The first kappa shape index (κ1) is 20.2. The van der Waals surface area contributed by atoms with Gasteiger partial charge in [0.15, 0.2) is 0 Å². The number of hydrogen-bond donors (Lipinski definition) is 2. The molecule has 6 heteroatoms. The second kappa shape index (κ2) is 12.6. The maximum atomic E-state index is 11.9. The van der Waals surface area contributed by atoms with E-state index in [0.29, 0.717) is 19.7 Å². The van der Waals surface area contributed by atoms with Crippen LogP contribution < -0.4 is 10.6 Å². The highest BCUT2D eigenvalue weighted by atomic mass is 79.9. The van der Waals surface area contributed by atoms with Gasteiger partial charge in [-0.2, -0.15) is 5.26 Å². The Labute approximate surface area is 152 Å². The molecule has 0 bridgehead atoms. The normalized spacial score (nSPS) is 11.0. The van der Waals surface area contributed by atoms with Crippen LogP contribution in [0.1, 0.15) is 31.7 Å². The van der Waals surface area contributed by atoms with Gasteiger partial charge in [0.25, 0.3) is 5.91 Å². The number of amides is 1. The van der Waals surface area contributed by atoms with Crippen LogP contribution in [-0.2, 0) is 16.1 Å². The molecule has 0 aliphatic carbocycles. The minimum absolute atomic E-state index is 0.0666. The van der Waals surface area contributed by atoms with Crippen LogP contribution in [0.2, 0.25) is 0 Å². The Morgan fingerprint density at radius 3 is 2.88 bits per heavy atom. The molecule has 0 spiro atoms.